The molecule has 5 rings (SSSR count). The average molecular weight is 432 g/mol. The molecule has 0 spiro atoms. The summed E-state index contributed by atoms with van der Waals surface area (Å²) in [7, 11) is 1.23. The molecule has 0 saturated carbocycles. The SMILES string of the molecule is COC(=O)Nc1nc2ccc(C3(O)c4ccccc4C(=O)N3c3ccccc3F)cc2[nH]1. The number of ether oxygens (including phenoxy) is 1. The van der Waals surface area contributed by atoms with Crippen LogP contribution in [0.1, 0.15) is 21.5 Å². The number of imidazole rings is 1. The van der Waals surface area contributed by atoms with Gasteiger partial charge in [-0.2, -0.15) is 0 Å². The molecule has 160 valence electrons. The fraction of sp³-hybridized carbons (Fsp3) is 0.0870. The number of H-pyrrole nitrogens is 1. The Morgan fingerprint density at radius 2 is 1.91 bits per heavy atom. The first-order valence-corrected chi connectivity index (χ1v) is 9.69. The zero-order chi connectivity index (χ0) is 22.5. The Labute approximate surface area is 181 Å². The number of benzene rings is 3. The molecule has 3 aromatic carbocycles. The molecule has 4 aromatic rings. The number of aliphatic hydroxyl groups is 1. The van der Waals surface area contributed by atoms with Crippen LogP contribution in [0.2, 0.25) is 0 Å². The number of aromatic amines is 1. The van der Waals surface area contributed by atoms with E-state index in [0.29, 0.717) is 22.2 Å². The third-order valence-electron chi connectivity index (χ3n) is 5.44. The number of hydrogen-bond acceptors (Lipinski definition) is 5. The van der Waals surface area contributed by atoms with Gasteiger partial charge in [-0.15, -0.1) is 0 Å². The number of rotatable bonds is 3. The predicted octanol–water partition coefficient (Wildman–Crippen LogP) is 3.73. The second-order valence-corrected chi connectivity index (χ2v) is 7.24. The summed E-state index contributed by atoms with van der Waals surface area (Å²) >= 11 is 0. The van der Waals surface area contributed by atoms with E-state index in [1.807, 2.05) is 0 Å². The smallest absolute Gasteiger partial charge is 0.413 e. The first-order chi connectivity index (χ1) is 15.4. The number of nitrogens with one attached hydrogen (secondary N) is 2. The van der Waals surface area contributed by atoms with Gasteiger partial charge in [0.25, 0.3) is 5.91 Å². The van der Waals surface area contributed by atoms with Crippen molar-refractivity contribution in [2.75, 3.05) is 17.3 Å². The predicted molar refractivity (Wildman–Crippen MR) is 115 cm³/mol. The highest BCUT2D eigenvalue weighted by Gasteiger charge is 2.51. The zero-order valence-corrected chi connectivity index (χ0v) is 16.8. The van der Waals surface area contributed by atoms with E-state index in [1.165, 1.54) is 25.3 Å². The molecular formula is C23H17FN4O4. The second-order valence-electron chi connectivity index (χ2n) is 7.24. The number of anilines is 2. The molecule has 1 unspecified atom stereocenters. The van der Waals surface area contributed by atoms with Gasteiger partial charge in [-0.25, -0.2) is 14.2 Å². The lowest BCUT2D eigenvalue weighted by Gasteiger charge is -2.35. The number of fused-ring (bicyclic) bond motifs is 2. The summed E-state index contributed by atoms with van der Waals surface area (Å²) < 4.78 is 19.3. The Balaban J connectivity index is 1.69. The highest BCUT2D eigenvalue weighted by molar-refractivity contribution is 6.12. The number of hydrogen-bond donors (Lipinski definition) is 3. The van der Waals surface area contributed by atoms with E-state index in [-0.39, 0.29) is 17.2 Å². The number of carbonyl (C=O) groups is 2. The molecule has 1 aromatic heterocycles. The Bertz CT molecular complexity index is 1390. The molecule has 32 heavy (non-hydrogen) atoms. The molecule has 0 bridgehead atoms. The molecular weight excluding hydrogens is 415 g/mol. The minimum absolute atomic E-state index is 0.0473. The molecule has 3 N–H and O–H groups in total. The van der Waals surface area contributed by atoms with Crippen molar-refractivity contribution in [2.24, 2.45) is 0 Å². The molecule has 9 heteroatoms. The molecule has 8 nitrogen and oxygen atoms in total. The Morgan fingerprint density at radius 1 is 1.16 bits per heavy atom. The first kappa shape index (κ1) is 19.7. The van der Waals surface area contributed by atoms with E-state index in [9.17, 15) is 19.1 Å². The van der Waals surface area contributed by atoms with Crippen molar-refractivity contribution < 1.29 is 23.8 Å². The van der Waals surface area contributed by atoms with Crippen molar-refractivity contribution in [1.82, 2.24) is 9.97 Å². The van der Waals surface area contributed by atoms with Crippen LogP contribution in [0.3, 0.4) is 0 Å². The number of methoxy groups -OCH3 is 1. The van der Waals surface area contributed by atoms with Crippen LogP contribution < -0.4 is 10.2 Å². The number of amides is 2. The molecule has 1 aliphatic heterocycles. The van der Waals surface area contributed by atoms with Crippen LogP contribution in [0.4, 0.5) is 20.8 Å². The van der Waals surface area contributed by atoms with Gasteiger partial charge in [-0.1, -0.05) is 36.4 Å². The number of halogens is 1. The molecule has 1 aliphatic rings. The summed E-state index contributed by atoms with van der Waals surface area (Å²) in [6.45, 7) is 0. The highest BCUT2D eigenvalue weighted by atomic mass is 19.1. The Hall–Kier alpha value is -4.24. The summed E-state index contributed by atoms with van der Waals surface area (Å²) in [5, 5.41) is 14.4. The number of carbonyl (C=O) groups excluding carboxylic acids is 2. The fourth-order valence-electron chi connectivity index (χ4n) is 4.00. The van der Waals surface area contributed by atoms with E-state index >= 15 is 0 Å². The maximum atomic E-state index is 14.7. The van der Waals surface area contributed by atoms with Crippen LogP contribution in [0.15, 0.2) is 66.7 Å². The molecule has 2 amide bonds. The standard InChI is InChI=1S/C23H17FN4O4/c1-32-22(30)27-21-25-17-11-10-13(12-18(17)26-21)23(31)15-7-3-2-6-14(15)20(29)28(23)19-9-5-4-8-16(19)24/h2-12,31H,1H3,(H2,25,26,27,30). The van der Waals surface area contributed by atoms with E-state index in [0.717, 1.165) is 4.90 Å². The second kappa shape index (κ2) is 7.17. The topological polar surface area (TPSA) is 108 Å². The van der Waals surface area contributed by atoms with Crippen LogP contribution in [-0.4, -0.2) is 34.2 Å². The Morgan fingerprint density at radius 3 is 2.69 bits per heavy atom. The van der Waals surface area contributed by atoms with Crippen molar-refractivity contribution in [3.63, 3.8) is 0 Å². The minimum atomic E-state index is -1.97. The molecule has 0 radical (unpaired) electrons. The molecule has 0 aliphatic carbocycles. The van der Waals surface area contributed by atoms with Gasteiger partial charge in [0.05, 0.1) is 23.8 Å². The summed E-state index contributed by atoms with van der Waals surface area (Å²) in [6, 6.07) is 17.2. The maximum absolute atomic E-state index is 14.7. The third kappa shape index (κ3) is 2.83. The Kier molecular flexibility index (Phi) is 4.42. The van der Waals surface area contributed by atoms with Gasteiger partial charge >= 0.3 is 6.09 Å². The maximum Gasteiger partial charge on any atom is 0.413 e. The summed E-state index contributed by atoms with van der Waals surface area (Å²) in [4.78, 5) is 33.0. The lowest BCUT2D eigenvalue weighted by molar-refractivity contribution is 0.0699. The van der Waals surface area contributed by atoms with Crippen LogP contribution in [0.5, 0.6) is 0 Å². The lowest BCUT2D eigenvalue weighted by Crippen LogP contribution is -2.45. The molecule has 0 saturated heterocycles. The summed E-state index contributed by atoms with van der Waals surface area (Å²) in [5.74, 6) is -1.00. The lowest BCUT2D eigenvalue weighted by atomic mass is 9.93. The number of nitrogens with zero attached hydrogens (tertiary/aromatic N) is 2. The van der Waals surface area contributed by atoms with E-state index < -0.39 is 23.5 Å². The van der Waals surface area contributed by atoms with Gasteiger partial charge in [0, 0.05) is 16.7 Å². The van der Waals surface area contributed by atoms with E-state index in [4.69, 9.17) is 0 Å². The number of para-hydroxylation sites is 1. The summed E-state index contributed by atoms with van der Waals surface area (Å²) in [6.07, 6.45) is -0.691. The van der Waals surface area contributed by atoms with Gasteiger partial charge in [-0.05, 0) is 30.3 Å². The van der Waals surface area contributed by atoms with Crippen molar-refractivity contribution >= 4 is 34.7 Å². The average Bonchev–Trinajstić information content (AvgIpc) is 3.30. The quantitative estimate of drug-likeness (QED) is 0.457. The van der Waals surface area contributed by atoms with Gasteiger partial charge in [-0.3, -0.25) is 15.0 Å². The molecule has 0 fully saturated rings. The normalized spacial score (nSPS) is 17.5. The number of aromatic nitrogens is 2. The van der Waals surface area contributed by atoms with E-state index in [1.54, 1.807) is 48.5 Å². The van der Waals surface area contributed by atoms with Gasteiger partial charge < -0.3 is 14.8 Å². The van der Waals surface area contributed by atoms with Gasteiger partial charge in [0.15, 0.2) is 5.72 Å². The van der Waals surface area contributed by atoms with Crippen molar-refractivity contribution in [3.05, 3.63) is 89.2 Å². The van der Waals surface area contributed by atoms with Crippen molar-refractivity contribution in [1.29, 1.82) is 0 Å². The third-order valence-corrected chi connectivity index (χ3v) is 5.44. The fourth-order valence-corrected chi connectivity index (χ4v) is 4.00. The highest BCUT2D eigenvalue weighted by Crippen LogP contribution is 2.45. The largest absolute Gasteiger partial charge is 0.453 e. The molecule has 1 atom stereocenters. The van der Waals surface area contributed by atoms with Crippen LogP contribution >= 0.6 is 0 Å². The minimum Gasteiger partial charge on any atom is -0.453 e. The molecule has 2 heterocycles. The van der Waals surface area contributed by atoms with Crippen LogP contribution in [-0.2, 0) is 10.5 Å². The van der Waals surface area contributed by atoms with Gasteiger partial charge in [0.1, 0.15) is 5.82 Å². The van der Waals surface area contributed by atoms with E-state index in [2.05, 4.69) is 20.0 Å². The zero-order valence-electron chi connectivity index (χ0n) is 16.8. The van der Waals surface area contributed by atoms with Crippen LogP contribution in [0, 0.1) is 5.82 Å². The summed E-state index contributed by atoms with van der Waals surface area (Å²) in [5.41, 5.74) is -0.0817. The first-order valence-electron chi connectivity index (χ1n) is 9.69. The van der Waals surface area contributed by atoms with Crippen molar-refractivity contribution in [3.8, 4) is 0 Å². The van der Waals surface area contributed by atoms with Crippen LogP contribution in [0.25, 0.3) is 11.0 Å². The monoisotopic (exact) mass is 432 g/mol. The van der Waals surface area contributed by atoms with Crippen molar-refractivity contribution in [2.45, 2.75) is 5.72 Å². The van der Waals surface area contributed by atoms with Gasteiger partial charge in [0.2, 0.25) is 5.95 Å².